The molecule has 0 amide bonds. The topological polar surface area (TPSA) is 60.5 Å². The summed E-state index contributed by atoms with van der Waals surface area (Å²) in [7, 11) is 0. The third-order valence-corrected chi connectivity index (χ3v) is 3.07. The first-order chi connectivity index (χ1) is 8.16. The Labute approximate surface area is 109 Å². The Hall–Kier alpha value is -1.20. The quantitative estimate of drug-likeness (QED) is 0.866. The molecule has 0 unspecified atom stereocenters. The van der Waals surface area contributed by atoms with E-state index in [4.69, 9.17) is 10.5 Å². The molecule has 0 radical (unpaired) electrons. The third kappa shape index (κ3) is 3.14. The molecule has 5 heteroatoms. The maximum absolute atomic E-state index is 6.00. The molecule has 0 aliphatic carbocycles. The van der Waals surface area contributed by atoms with Crippen LogP contribution in [0.2, 0.25) is 0 Å². The molecule has 1 aromatic heterocycles. The minimum absolute atomic E-state index is 0.265. The second-order valence-electron chi connectivity index (χ2n) is 3.90. The van der Waals surface area contributed by atoms with Crippen LogP contribution in [0, 0.1) is 6.92 Å². The zero-order chi connectivity index (χ0) is 12.3. The van der Waals surface area contributed by atoms with E-state index in [0.717, 1.165) is 15.9 Å². The third-order valence-electron chi connectivity index (χ3n) is 2.44. The van der Waals surface area contributed by atoms with Gasteiger partial charge in [-0.1, -0.05) is 6.07 Å². The molecular formula is C12H14BrN3O. The van der Waals surface area contributed by atoms with Crippen molar-refractivity contribution in [1.82, 2.24) is 4.98 Å². The molecule has 1 saturated heterocycles. The van der Waals surface area contributed by atoms with Gasteiger partial charge in [0.25, 0.3) is 0 Å². The number of aliphatic imine (C=N–C) groups is 1. The molecule has 0 aromatic carbocycles. The van der Waals surface area contributed by atoms with Gasteiger partial charge in [0.05, 0.1) is 35.1 Å². The van der Waals surface area contributed by atoms with Gasteiger partial charge in [0, 0.05) is 11.9 Å². The molecule has 0 saturated carbocycles. The van der Waals surface area contributed by atoms with Crippen molar-refractivity contribution in [2.75, 3.05) is 13.2 Å². The van der Waals surface area contributed by atoms with Gasteiger partial charge in [0.2, 0.25) is 0 Å². The molecule has 2 N–H and O–H groups in total. The molecule has 1 aromatic rings. The molecule has 0 atom stereocenters. The van der Waals surface area contributed by atoms with E-state index >= 15 is 0 Å². The van der Waals surface area contributed by atoms with Gasteiger partial charge in [-0.3, -0.25) is 9.98 Å². The number of aromatic nitrogens is 1. The number of pyridine rings is 1. The monoisotopic (exact) mass is 295 g/mol. The number of hydrogen-bond donors (Lipinski definition) is 1. The Morgan fingerprint density at radius 2 is 2.35 bits per heavy atom. The lowest BCUT2D eigenvalue weighted by Gasteiger charge is -2.21. The fraction of sp³-hybridized carbons (Fsp3) is 0.333. The van der Waals surface area contributed by atoms with Crippen LogP contribution in [-0.4, -0.2) is 30.5 Å². The van der Waals surface area contributed by atoms with Crippen LogP contribution in [0.5, 0.6) is 0 Å². The van der Waals surface area contributed by atoms with Gasteiger partial charge in [-0.25, -0.2) is 0 Å². The summed E-state index contributed by atoms with van der Waals surface area (Å²) in [4.78, 5) is 8.69. The normalized spacial score (nSPS) is 18.0. The zero-order valence-electron chi connectivity index (χ0n) is 9.56. The van der Waals surface area contributed by atoms with E-state index in [1.807, 2.05) is 25.1 Å². The number of aryl methyl sites for hydroxylation is 1. The number of nitrogens with two attached hydrogens (primary N) is 1. The largest absolute Gasteiger partial charge is 0.396 e. The van der Waals surface area contributed by atoms with Gasteiger partial charge in [-0.2, -0.15) is 0 Å². The average molecular weight is 296 g/mol. The van der Waals surface area contributed by atoms with Crippen LogP contribution < -0.4 is 5.73 Å². The predicted octanol–water partition coefficient (Wildman–Crippen LogP) is 1.88. The van der Waals surface area contributed by atoms with Crippen LogP contribution in [0.15, 0.2) is 27.7 Å². The second-order valence-corrected chi connectivity index (χ2v) is 4.75. The highest BCUT2D eigenvalue weighted by Gasteiger charge is 2.15. The Bertz CT molecular complexity index is 467. The lowest BCUT2D eigenvalue weighted by molar-refractivity contribution is 0.0135. The van der Waals surface area contributed by atoms with E-state index in [1.54, 1.807) is 6.21 Å². The summed E-state index contributed by atoms with van der Waals surface area (Å²) in [6.45, 7) is 3.32. The van der Waals surface area contributed by atoms with E-state index in [9.17, 15) is 0 Å². The summed E-state index contributed by atoms with van der Waals surface area (Å²) in [6.07, 6.45) is 1.73. The molecule has 1 fully saturated rings. The Balaban J connectivity index is 2.15. The van der Waals surface area contributed by atoms with Crippen molar-refractivity contribution in [3.8, 4) is 0 Å². The van der Waals surface area contributed by atoms with Gasteiger partial charge in [-0.15, -0.1) is 0 Å². The molecule has 2 heterocycles. The first-order valence-electron chi connectivity index (χ1n) is 5.37. The van der Waals surface area contributed by atoms with Crippen LogP contribution in [0.25, 0.3) is 5.70 Å². The molecule has 1 aliphatic heterocycles. The molecule has 1 aliphatic rings. The van der Waals surface area contributed by atoms with E-state index in [1.165, 1.54) is 0 Å². The number of halogens is 1. The zero-order valence-corrected chi connectivity index (χ0v) is 11.1. The van der Waals surface area contributed by atoms with E-state index in [0.29, 0.717) is 18.9 Å². The van der Waals surface area contributed by atoms with Crippen LogP contribution in [0.1, 0.15) is 11.4 Å². The average Bonchev–Trinajstić information content (AvgIpc) is 2.25. The predicted molar refractivity (Wildman–Crippen MR) is 72.1 cm³/mol. The lowest BCUT2D eigenvalue weighted by Crippen LogP contribution is -2.31. The Kier molecular flexibility index (Phi) is 3.91. The summed E-state index contributed by atoms with van der Waals surface area (Å²) in [5.41, 5.74) is 8.29. The molecule has 4 nitrogen and oxygen atoms in total. The molecule has 0 bridgehead atoms. The first kappa shape index (κ1) is 12.3. The molecule has 0 spiro atoms. The highest BCUT2D eigenvalue weighted by Crippen LogP contribution is 2.16. The Morgan fingerprint density at radius 3 is 2.94 bits per heavy atom. The number of rotatable bonds is 3. The maximum atomic E-state index is 6.00. The maximum Gasteiger partial charge on any atom is 0.0966 e. The summed E-state index contributed by atoms with van der Waals surface area (Å²) in [5, 5.41) is 0. The molecule has 17 heavy (non-hydrogen) atoms. The summed E-state index contributed by atoms with van der Waals surface area (Å²) < 4.78 is 5.79. The highest BCUT2D eigenvalue weighted by atomic mass is 79.9. The van der Waals surface area contributed by atoms with E-state index in [2.05, 4.69) is 25.9 Å². The Morgan fingerprint density at radius 1 is 1.59 bits per heavy atom. The van der Waals surface area contributed by atoms with Crippen LogP contribution in [0.4, 0.5) is 0 Å². The fourth-order valence-electron chi connectivity index (χ4n) is 1.37. The second kappa shape index (κ2) is 5.42. The van der Waals surface area contributed by atoms with Gasteiger partial charge in [0.15, 0.2) is 0 Å². The number of allylic oxidation sites excluding steroid dienone is 1. The first-order valence-corrected chi connectivity index (χ1v) is 6.16. The molecule has 2 rings (SSSR count). The summed E-state index contributed by atoms with van der Waals surface area (Å²) in [5.74, 6) is 0. The number of nitrogens with zero attached hydrogens (tertiary/aromatic N) is 2. The van der Waals surface area contributed by atoms with Crippen molar-refractivity contribution in [2.45, 2.75) is 13.0 Å². The fourth-order valence-corrected chi connectivity index (χ4v) is 1.69. The number of hydrogen-bond acceptors (Lipinski definition) is 4. The molecule has 90 valence electrons. The van der Waals surface area contributed by atoms with E-state index < -0.39 is 0 Å². The van der Waals surface area contributed by atoms with Crippen molar-refractivity contribution >= 4 is 27.8 Å². The van der Waals surface area contributed by atoms with Crippen molar-refractivity contribution in [1.29, 1.82) is 0 Å². The van der Waals surface area contributed by atoms with Gasteiger partial charge >= 0.3 is 0 Å². The SMILES string of the molecule is Cc1cccc(C(N)=C(Br)C=NC2COC2)n1. The highest BCUT2D eigenvalue weighted by molar-refractivity contribution is 9.12. The number of ether oxygens (including phenoxy) is 1. The van der Waals surface area contributed by atoms with Crippen molar-refractivity contribution in [2.24, 2.45) is 10.7 Å². The molecular weight excluding hydrogens is 282 g/mol. The minimum Gasteiger partial charge on any atom is -0.396 e. The van der Waals surface area contributed by atoms with Crippen LogP contribution in [-0.2, 0) is 4.74 Å². The van der Waals surface area contributed by atoms with Crippen molar-refractivity contribution < 1.29 is 4.74 Å². The minimum atomic E-state index is 0.265. The van der Waals surface area contributed by atoms with Crippen LogP contribution >= 0.6 is 15.9 Å². The van der Waals surface area contributed by atoms with Gasteiger partial charge in [-0.05, 0) is 35.0 Å². The summed E-state index contributed by atoms with van der Waals surface area (Å²) in [6, 6.07) is 6.01. The van der Waals surface area contributed by atoms with Gasteiger partial charge in [0.1, 0.15) is 0 Å². The van der Waals surface area contributed by atoms with Crippen molar-refractivity contribution in [3.63, 3.8) is 0 Å². The smallest absolute Gasteiger partial charge is 0.0966 e. The van der Waals surface area contributed by atoms with Crippen LogP contribution in [0.3, 0.4) is 0 Å². The van der Waals surface area contributed by atoms with Gasteiger partial charge < -0.3 is 10.5 Å². The van der Waals surface area contributed by atoms with Crippen molar-refractivity contribution in [3.05, 3.63) is 34.1 Å². The standard InChI is InChI=1S/C12H14BrN3O/c1-8-3-2-4-11(16-8)12(14)10(13)5-15-9-6-17-7-9/h2-5,9H,6-7,14H2,1H3. The lowest BCUT2D eigenvalue weighted by atomic mass is 10.2. The summed E-state index contributed by atoms with van der Waals surface area (Å²) >= 11 is 3.41. The van der Waals surface area contributed by atoms with E-state index in [-0.39, 0.29) is 6.04 Å².